The highest BCUT2D eigenvalue weighted by molar-refractivity contribution is 14.0. The van der Waals surface area contributed by atoms with Gasteiger partial charge in [-0.2, -0.15) is 11.3 Å². The van der Waals surface area contributed by atoms with Crippen LogP contribution in [0.3, 0.4) is 0 Å². The quantitative estimate of drug-likeness (QED) is 0.426. The Bertz CT molecular complexity index is 383. The summed E-state index contributed by atoms with van der Waals surface area (Å²) in [5.41, 5.74) is 5.53. The first-order valence-electron chi connectivity index (χ1n) is 5.54. The molecule has 1 atom stereocenters. The van der Waals surface area contributed by atoms with Gasteiger partial charge in [-0.05, 0) is 50.1 Å². The van der Waals surface area contributed by atoms with Gasteiger partial charge in [-0.3, -0.25) is 4.99 Å². The van der Waals surface area contributed by atoms with Crippen LogP contribution in [0.2, 0.25) is 0 Å². The van der Waals surface area contributed by atoms with E-state index in [0.29, 0.717) is 5.96 Å². The lowest BCUT2D eigenvalue weighted by atomic mass is 10.00. The molecular formula is C12H22IN3OS. The predicted molar refractivity (Wildman–Crippen MR) is 88.7 cm³/mol. The summed E-state index contributed by atoms with van der Waals surface area (Å²) < 4.78 is 0. The van der Waals surface area contributed by atoms with Crippen LogP contribution in [-0.4, -0.2) is 23.1 Å². The molecule has 6 heteroatoms. The third kappa shape index (κ3) is 6.01. The zero-order chi connectivity index (χ0) is 13.1. The summed E-state index contributed by atoms with van der Waals surface area (Å²) in [5.74, 6) is 0.355. The first-order chi connectivity index (χ1) is 7.71. The first kappa shape index (κ1) is 17.7. The van der Waals surface area contributed by atoms with E-state index < -0.39 is 5.60 Å². The van der Waals surface area contributed by atoms with Gasteiger partial charge in [0.1, 0.15) is 5.60 Å². The fourth-order valence-electron chi connectivity index (χ4n) is 1.33. The predicted octanol–water partition coefficient (Wildman–Crippen LogP) is 2.28. The molecule has 0 saturated heterocycles. The molecule has 104 valence electrons. The molecule has 1 aromatic rings. The highest BCUT2D eigenvalue weighted by Crippen LogP contribution is 2.23. The summed E-state index contributed by atoms with van der Waals surface area (Å²) in [6.45, 7) is 8.01. The SMILES string of the molecule is CC(C)(C)NC(N)=NCC(C)(O)c1ccsc1.I. The Morgan fingerprint density at radius 3 is 2.50 bits per heavy atom. The van der Waals surface area contributed by atoms with Crippen LogP contribution in [0.15, 0.2) is 21.8 Å². The number of halogens is 1. The molecule has 4 nitrogen and oxygen atoms in total. The van der Waals surface area contributed by atoms with Crippen molar-refractivity contribution >= 4 is 41.3 Å². The largest absolute Gasteiger partial charge is 0.383 e. The maximum absolute atomic E-state index is 10.2. The summed E-state index contributed by atoms with van der Waals surface area (Å²) in [5, 5.41) is 17.1. The Morgan fingerprint density at radius 2 is 2.06 bits per heavy atom. The maximum atomic E-state index is 10.2. The van der Waals surface area contributed by atoms with Gasteiger partial charge in [0.2, 0.25) is 0 Å². The number of hydrogen-bond donors (Lipinski definition) is 3. The average molecular weight is 383 g/mol. The van der Waals surface area contributed by atoms with Crippen molar-refractivity contribution < 1.29 is 5.11 Å². The van der Waals surface area contributed by atoms with E-state index in [-0.39, 0.29) is 36.1 Å². The van der Waals surface area contributed by atoms with Crippen LogP contribution in [0.5, 0.6) is 0 Å². The summed E-state index contributed by atoms with van der Waals surface area (Å²) in [4.78, 5) is 4.18. The van der Waals surface area contributed by atoms with Crippen LogP contribution in [0.25, 0.3) is 0 Å². The van der Waals surface area contributed by atoms with Gasteiger partial charge >= 0.3 is 0 Å². The Labute approximate surface area is 130 Å². The average Bonchev–Trinajstić information content (AvgIpc) is 2.65. The summed E-state index contributed by atoms with van der Waals surface area (Å²) in [6, 6.07) is 1.90. The monoisotopic (exact) mass is 383 g/mol. The van der Waals surface area contributed by atoms with Crippen LogP contribution in [0, 0.1) is 0 Å². The van der Waals surface area contributed by atoms with Crippen LogP contribution < -0.4 is 11.1 Å². The number of guanidine groups is 1. The fraction of sp³-hybridized carbons (Fsp3) is 0.583. The number of aliphatic imine (C=N–C) groups is 1. The minimum atomic E-state index is -0.968. The molecule has 0 radical (unpaired) electrons. The Hall–Kier alpha value is -0.340. The van der Waals surface area contributed by atoms with Crippen molar-refractivity contribution in [1.82, 2.24) is 5.32 Å². The van der Waals surface area contributed by atoms with E-state index in [2.05, 4.69) is 10.3 Å². The lowest BCUT2D eigenvalue weighted by molar-refractivity contribution is 0.0677. The molecule has 0 aliphatic rings. The van der Waals surface area contributed by atoms with E-state index in [9.17, 15) is 5.11 Å². The van der Waals surface area contributed by atoms with Crippen LogP contribution in [0.4, 0.5) is 0 Å². The minimum Gasteiger partial charge on any atom is -0.383 e. The standard InChI is InChI=1S/C12H21N3OS.HI/c1-11(2,3)15-10(13)14-8-12(4,16)9-5-6-17-7-9;/h5-7,16H,8H2,1-4H3,(H3,13,14,15);1H. The number of rotatable bonds is 3. The van der Waals surface area contributed by atoms with Gasteiger partial charge in [-0.1, -0.05) is 0 Å². The zero-order valence-electron chi connectivity index (χ0n) is 11.2. The third-order valence-corrected chi connectivity index (χ3v) is 2.89. The molecule has 0 aliphatic carbocycles. The van der Waals surface area contributed by atoms with E-state index in [1.807, 2.05) is 37.6 Å². The minimum absolute atomic E-state index is 0. The Balaban J connectivity index is 0.00000289. The molecule has 1 unspecified atom stereocenters. The van der Waals surface area contributed by atoms with Gasteiger partial charge in [-0.25, -0.2) is 0 Å². The number of thiophene rings is 1. The molecule has 18 heavy (non-hydrogen) atoms. The van der Waals surface area contributed by atoms with Crippen LogP contribution in [-0.2, 0) is 5.60 Å². The van der Waals surface area contributed by atoms with Crippen molar-refractivity contribution in [3.63, 3.8) is 0 Å². The fourth-order valence-corrected chi connectivity index (χ4v) is 2.11. The van der Waals surface area contributed by atoms with Gasteiger partial charge in [0.05, 0.1) is 6.54 Å². The second-order valence-corrected chi connectivity index (χ2v) is 6.14. The van der Waals surface area contributed by atoms with Gasteiger partial charge < -0.3 is 16.2 Å². The smallest absolute Gasteiger partial charge is 0.189 e. The zero-order valence-corrected chi connectivity index (χ0v) is 14.4. The topological polar surface area (TPSA) is 70.6 Å². The summed E-state index contributed by atoms with van der Waals surface area (Å²) in [6.07, 6.45) is 0. The molecule has 4 N–H and O–H groups in total. The van der Waals surface area contributed by atoms with Crippen molar-refractivity contribution in [2.45, 2.75) is 38.8 Å². The van der Waals surface area contributed by atoms with E-state index >= 15 is 0 Å². The van der Waals surface area contributed by atoms with Crippen molar-refractivity contribution in [1.29, 1.82) is 0 Å². The first-order valence-corrected chi connectivity index (χ1v) is 6.48. The highest BCUT2D eigenvalue weighted by Gasteiger charge is 2.23. The van der Waals surface area contributed by atoms with Crippen molar-refractivity contribution in [2.75, 3.05) is 6.54 Å². The number of nitrogens with one attached hydrogen (secondary N) is 1. The maximum Gasteiger partial charge on any atom is 0.189 e. The lowest BCUT2D eigenvalue weighted by Gasteiger charge is -2.23. The Morgan fingerprint density at radius 1 is 1.44 bits per heavy atom. The Kier molecular flexibility index (Phi) is 6.59. The summed E-state index contributed by atoms with van der Waals surface area (Å²) >= 11 is 1.56. The summed E-state index contributed by atoms with van der Waals surface area (Å²) in [7, 11) is 0. The number of nitrogens with zero attached hydrogens (tertiary/aromatic N) is 1. The molecule has 0 spiro atoms. The van der Waals surface area contributed by atoms with Crippen molar-refractivity contribution in [3.8, 4) is 0 Å². The van der Waals surface area contributed by atoms with Crippen LogP contribution >= 0.6 is 35.3 Å². The molecule has 0 fully saturated rings. The van der Waals surface area contributed by atoms with Crippen LogP contribution in [0.1, 0.15) is 33.3 Å². The highest BCUT2D eigenvalue weighted by atomic mass is 127. The molecule has 1 heterocycles. The van der Waals surface area contributed by atoms with Gasteiger partial charge in [-0.15, -0.1) is 24.0 Å². The number of nitrogens with two attached hydrogens (primary N) is 1. The van der Waals surface area contributed by atoms with Gasteiger partial charge in [0.25, 0.3) is 0 Å². The number of aliphatic hydroxyl groups is 1. The second kappa shape index (κ2) is 6.72. The normalized spacial score (nSPS) is 15.7. The molecule has 1 rings (SSSR count). The van der Waals surface area contributed by atoms with Gasteiger partial charge in [0.15, 0.2) is 5.96 Å². The lowest BCUT2D eigenvalue weighted by Crippen LogP contribution is -2.45. The molecular weight excluding hydrogens is 361 g/mol. The van der Waals surface area contributed by atoms with Crippen molar-refractivity contribution in [3.05, 3.63) is 22.4 Å². The molecule has 0 aromatic carbocycles. The molecule has 0 saturated carbocycles. The third-order valence-electron chi connectivity index (χ3n) is 2.20. The van der Waals surface area contributed by atoms with E-state index in [1.165, 1.54) is 0 Å². The number of hydrogen-bond acceptors (Lipinski definition) is 3. The van der Waals surface area contributed by atoms with E-state index in [4.69, 9.17) is 5.73 Å². The molecule has 1 aromatic heterocycles. The van der Waals surface area contributed by atoms with Crippen molar-refractivity contribution in [2.24, 2.45) is 10.7 Å². The molecule has 0 bridgehead atoms. The molecule has 0 amide bonds. The molecule has 0 aliphatic heterocycles. The van der Waals surface area contributed by atoms with E-state index in [1.54, 1.807) is 18.3 Å². The van der Waals surface area contributed by atoms with E-state index in [0.717, 1.165) is 5.56 Å². The van der Waals surface area contributed by atoms with Gasteiger partial charge in [0, 0.05) is 5.54 Å². The second-order valence-electron chi connectivity index (χ2n) is 5.36.